The van der Waals surface area contributed by atoms with Gasteiger partial charge in [0.05, 0.1) is 5.54 Å². The van der Waals surface area contributed by atoms with Gasteiger partial charge in [-0.3, -0.25) is 9.59 Å². The number of rotatable bonds is 3. The molecule has 2 aliphatic rings. The standard InChI is InChI=1S/C22H23NO3/c24-20-18-12-6-5-11-17(18)19(21(25)26)22(13-7-2-8-14-22)23(20)15-16-9-3-1-4-10-16/h1,3-6,9-12,19H,2,7-8,13-15H2,(H,25,26)/t19-/m1/s1. The number of hydrogen-bond donors (Lipinski definition) is 1. The van der Waals surface area contributed by atoms with Crippen LogP contribution in [0.5, 0.6) is 0 Å². The molecular weight excluding hydrogens is 326 g/mol. The minimum atomic E-state index is -0.829. The lowest BCUT2D eigenvalue weighted by molar-refractivity contribution is -0.144. The Balaban J connectivity index is 1.87. The maximum atomic E-state index is 13.4. The zero-order chi connectivity index (χ0) is 18.1. The van der Waals surface area contributed by atoms with Gasteiger partial charge in [0.25, 0.3) is 5.91 Å². The predicted octanol–water partition coefficient (Wildman–Crippen LogP) is 4.21. The average molecular weight is 349 g/mol. The van der Waals surface area contributed by atoms with E-state index in [1.165, 1.54) is 0 Å². The van der Waals surface area contributed by atoms with Crippen molar-refractivity contribution in [3.05, 3.63) is 71.3 Å². The number of benzene rings is 2. The third kappa shape index (κ3) is 2.61. The molecule has 2 aromatic carbocycles. The number of amides is 1. The summed E-state index contributed by atoms with van der Waals surface area (Å²) in [6.45, 7) is 0.456. The number of fused-ring (bicyclic) bond motifs is 1. The molecule has 0 bridgehead atoms. The van der Waals surface area contributed by atoms with Gasteiger partial charge in [-0.2, -0.15) is 0 Å². The Hall–Kier alpha value is -2.62. The van der Waals surface area contributed by atoms with Crippen molar-refractivity contribution in [3.8, 4) is 0 Å². The first-order valence-electron chi connectivity index (χ1n) is 9.31. The maximum absolute atomic E-state index is 13.4. The van der Waals surface area contributed by atoms with Crippen molar-refractivity contribution in [1.82, 2.24) is 4.90 Å². The SMILES string of the molecule is O=C(O)[C@H]1c2ccccc2C(=O)N(Cc2ccccc2)C12CCCCC2. The van der Waals surface area contributed by atoms with Crippen molar-refractivity contribution in [2.75, 3.05) is 0 Å². The first-order chi connectivity index (χ1) is 12.6. The van der Waals surface area contributed by atoms with E-state index in [9.17, 15) is 14.7 Å². The number of aliphatic carboxylic acids is 1. The van der Waals surface area contributed by atoms with Gasteiger partial charge in [-0.1, -0.05) is 67.8 Å². The number of hydrogen-bond acceptors (Lipinski definition) is 2. The summed E-state index contributed by atoms with van der Waals surface area (Å²) >= 11 is 0. The van der Waals surface area contributed by atoms with E-state index >= 15 is 0 Å². The predicted molar refractivity (Wildman–Crippen MR) is 99.0 cm³/mol. The highest BCUT2D eigenvalue weighted by molar-refractivity contribution is 6.01. The second-order valence-corrected chi connectivity index (χ2v) is 7.40. The molecule has 1 saturated carbocycles. The molecule has 1 aliphatic carbocycles. The van der Waals surface area contributed by atoms with Crippen molar-refractivity contribution in [2.45, 2.75) is 50.1 Å². The molecule has 1 fully saturated rings. The first kappa shape index (κ1) is 16.8. The molecule has 1 amide bonds. The molecule has 26 heavy (non-hydrogen) atoms. The van der Waals surface area contributed by atoms with Gasteiger partial charge < -0.3 is 10.0 Å². The van der Waals surface area contributed by atoms with Crippen molar-refractivity contribution in [2.24, 2.45) is 0 Å². The van der Waals surface area contributed by atoms with Crippen LogP contribution in [0.25, 0.3) is 0 Å². The summed E-state index contributed by atoms with van der Waals surface area (Å²) in [5, 5.41) is 10.1. The molecule has 2 aromatic rings. The summed E-state index contributed by atoms with van der Waals surface area (Å²) in [6.07, 6.45) is 4.52. The number of carboxylic acids is 1. The van der Waals surface area contributed by atoms with Crippen molar-refractivity contribution in [1.29, 1.82) is 0 Å². The molecule has 4 heteroatoms. The molecule has 4 rings (SSSR count). The van der Waals surface area contributed by atoms with Gasteiger partial charge in [-0.25, -0.2) is 0 Å². The molecule has 0 unspecified atom stereocenters. The minimum absolute atomic E-state index is 0.0381. The summed E-state index contributed by atoms with van der Waals surface area (Å²) in [4.78, 5) is 27.6. The second-order valence-electron chi connectivity index (χ2n) is 7.40. The van der Waals surface area contributed by atoms with Gasteiger partial charge >= 0.3 is 5.97 Å². The molecule has 0 radical (unpaired) electrons. The van der Waals surface area contributed by atoms with Gasteiger partial charge in [-0.05, 0) is 30.0 Å². The van der Waals surface area contributed by atoms with Crippen LogP contribution >= 0.6 is 0 Å². The van der Waals surface area contributed by atoms with Crippen LogP contribution in [-0.4, -0.2) is 27.4 Å². The molecule has 0 aromatic heterocycles. The van der Waals surface area contributed by atoms with E-state index in [2.05, 4.69) is 0 Å². The Morgan fingerprint density at radius 1 is 1.00 bits per heavy atom. The van der Waals surface area contributed by atoms with Crippen LogP contribution < -0.4 is 0 Å². The zero-order valence-electron chi connectivity index (χ0n) is 14.7. The summed E-state index contributed by atoms with van der Waals surface area (Å²) in [7, 11) is 0. The van der Waals surface area contributed by atoms with Crippen LogP contribution in [-0.2, 0) is 11.3 Å². The quantitative estimate of drug-likeness (QED) is 0.903. The Morgan fingerprint density at radius 3 is 2.35 bits per heavy atom. The van der Waals surface area contributed by atoms with Gasteiger partial charge in [0.2, 0.25) is 0 Å². The Bertz CT molecular complexity index is 824. The lowest BCUT2D eigenvalue weighted by atomic mass is 9.65. The first-order valence-corrected chi connectivity index (χ1v) is 9.31. The monoisotopic (exact) mass is 349 g/mol. The topological polar surface area (TPSA) is 57.6 Å². The normalized spacial score (nSPS) is 21.5. The molecule has 1 atom stereocenters. The van der Waals surface area contributed by atoms with E-state index < -0.39 is 17.4 Å². The minimum Gasteiger partial charge on any atom is -0.481 e. The highest BCUT2D eigenvalue weighted by atomic mass is 16.4. The van der Waals surface area contributed by atoms with Gasteiger partial charge in [0, 0.05) is 12.1 Å². The Kier molecular flexibility index (Phi) is 4.27. The number of carboxylic acid groups (broad SMARTS) is 1. The molecule has 1 aliphatic heterocycles. The fourth-order valence-electron chi connectivity index (χ4n) is 4.82. The van der Waals surface area contributed by atoms with E-state index in [1.807, 2.05) is 53.4 Å². The van der Waals surface area contributed by atoms with Gasteiger partial charge in [-0.15, -0.1) is 0 Å². The number of carbonyl (C=O) groups excluding carboxylic acids is 1. The molecule has 134 valence electrons. The highest BCUT2D eigenvalue weighted by Gasteiger charge is 2.54. The average Bonchev–Trinajstić information content (AvgIpc) is 2.67. The molecule has 1 spiro atoms. The van der Waals surface area contributed by atoms with Gasteiger partial charge in [0.15, 0.2) is 0 Å². The summed E-state index contributed by atoms with van der Waals surface area (Å²) in [5.41, 5.74) is 1.61. The summed E-state index contributed by atoms with van der Waals surface area (Å²) in [6, 6.07) is 17.1. The van der Waals surface area contributed by atoms with E-state index in [0.717, 1.165) is 37.7 Å². The van der Waals surface area contributed by atoms with Crippen molar-refractivity contribution in [3.63, 3.8) is 0 Å². The van der Waals surface area contributed by atoms with Crippen LogP contribution in [0.4, 0.5) is 0 Å². The van der Waals surface area contributed by atoms with Gasteiger partial charge in [0.1, 0.15) is 5.92 Å². The Morgan fingerprint density at radius 2 is 1.65 bits per heavy atom. The summed E-state index contributed by atoms with van der Waals surface area (Å²) < 4.78 is 0. The number of carbonyl (C=O) groups is 2. The molecule has 1 N–H and O–H groups in total. The zero-order valence-corrected chi connectivity index (χ0v) is 14.7. The lowest BCUT2D eigenvalue weighted by Crippen LogP contribution is -2.60. The second kappa shape index (κ2) is 6.60. The molecular formula is C22H23NO3. The van der Waals surface area contributed by atoms with E-state index in [-0.39, 0.29) is 5.91 Å². The third-order valence-electron chi connectivity index (χ3n) is 5.97. The van der Waals surface area contributed by atoms with E-state index in [4.69, 9.17) is 0 Å². The highest BCUT2D eigenvalue weighted by Crippen LogP contribution is 2.49. The molecule has 1 heterocycles. The van der Waals surface area contributed by atoms with Crippen LogP contribution in [0.3, 0.4) is 0 Å². The van der Waals surface area contributed by atoms with Crippen LogP contribution in [0, 0.1) is 0 Å². The van der Waals surface area contributed by atoms with Crippen LogP contribution in [0.15, 0.2) is 54.6 Å². The molecule has 4 nitrogen and oxygen atoms in total. The van der Waals surface area contributed by atoms with Crippen molar-refractivity contribution < 1.29 is 14.7 Å². The van der Waals surface area contributed by atoms with E-state index in [1.54, 1.807) is 6.07 Å². The Labute approximate surface area is 153 Å². The smallest absolute Gasteiger partial charge is 0.313 e. The summed E-state index contributed by atoms with van der Waals surface area (Å²) in [5.74, 6) is -1.53. The van der Waals surface area contributed by atoms with Crippen LogP contribution in [0.2, 0.25) is 0 Å². The fourth-order valence-corrected chi connectivity index (χ4v) is 4.82. The fraction of sp³-hybridized carbons (Fsp3) is 0.364. The largest absolute Gasteiger partial charge is 0.481 e. The number of nitrogens with zero attached hydrogens (tertiary/aromatic N) is 1. The third-order valence-corrected chi connectivity index (χ3v) is 5.97. The van der Waals surface area contributed by atoms with E-state index in [0.29, 0.717) is 17.7 Å². The lowest BCUT2D eigenvalue weighted by Gasteiger charge is -2.53. The maximum Gasteiger partial charge on any atom is 0.313 e. The van der Waals surface area contributed by atoms with Crippen LogP contribution in [0.1, 0.15) is 59.5 Å². The molecule has 0 saturated heterocycles. The van der Waals surface area contributed by atoms with Crippen molar-refractivity contribution >= 4 is 11.9 Å².